The first-order chi connectivity index (χ1) is 10.6. The zero-order chi connectivity index (χ0) is 15.9. The first-order valence-corrected chi connectivity index (χ1v) is 8.09. The van der Waals surface area contributed by atoms with Crippen molar-refractivity contribution in [3.05, 3.63) is 18.2 Å². The van der Waals surface area contributed by atoms with Crippen LogP contribution in [0.1, 0.15) is 69.7 Å². The van der Waals surface area contributed by atoms with Gasteiger partial charge in [0.2, 0.25) is 5.91 Å². The van der Waals surface area contributed by atoms with Crippen LogP contribution in [0.2, 0.25) is 0 Å². The monoisotopic (exact) mass is 307 g/mol. The van der Waals surface area contributed by atoms with Crippen LogP contribution in [-0.2, 0) is 9.59 Å². The van der Waals surface area contributed by atoms with Crippen molar-refractivity contribution in [2.24, 2.45) is 0 Å². The highest BCUT2D eigenvalue weighted by atomic mass is 16.4. The molecule has 2 N–H and O–H groups in total. The van der Waals surface area contributed by atoms with Gasteiger partial charge in [-0.2, -0.15) is 0 Å². The van der Waals surface area contributed by atoms with Crippen LogP contribution >= 0.6 is 0 Å². The number of carbonyl (C=O) groups excluding carboxylic acids is 1. The summed E-state index contributed by atoms with van der Waals surface area (Å²) in [7, 11) is 0. The molecule has 1 amide bonds. The van der Waals surface area contributed by atoms with Crippen molar-refractivity contribution in [1.82, 2.24) is 14.9 Å². The van der Waals surface area contributed by atoms with E-state index in [1.54, 1.807) is 0 Å². The largest absolute Gasteiger partial charge is 0.481 e. The number of hydrogen-bond acceptors (Lipinski definition) is 3. The topological polar surface area (TPSA) is 84.2 Å². The molecule has 3 rings (SSSR count). The predicted molar refractivity (Wildman–Crippen MR) is 82.6 cm³/mol. The van der Waals surface area contributed by atoms with Gasteiger partial charge >= 0.3 is 0 Å². The Labute approximate surface area is 130 Å². The molecule has 2 fully saturated rings. The third-order valence-electron chi connectivity index (χ3n) is 4.26. The van der Waals surface area contributed by atoms with Crippen molar-refractivity contribution in [2.75, 3.05) is 6.54 Å². The van der Waals surface area contributed by atoms with Crippen LogP contribution in [0, 0.1) is 0 Å². The number of carboxylic acids is 1. The van der Waals surface area contributed by atoms with Crippen LogP contribution in [0.5, 0.6) is 0 Å². The maximum absolute atomic E-state index is 12.1. The molecule has 2 heterocycles. The van der Waals surface area contributed by atoms with Crippen LogP contribution in [0.15, 0.2) is 12.4 Å². The van der Waals surface area contributed by atoms with Crippen LogP contribution in [0.25, 0.3) is 0 Å². The molecule has 1 atom stereocenters. The molecule has 1 unspecified atom stereocenters. The Morgan fingerprint density at radius 1 is 1.27 bits per heavy atom. The third-order valence-corrected chi connectivity index (χ3v) is 4.26. The number of aromatic nitrogens is 2. The van der Waals surface area contributed by atoms with Crippen LogP contribution in [0.3, 0.4) is 0 Å². The van der Waals surface area contributed by atoms with E-state index in [1.165, 1.54) is 25.7 Å². The van der Waals surface area contributed by atoms with Gasteiger partial charge < -0.3 is 15.0 Å². The molecule has 1 aliphatic heterocycles. The summed E-state index contributed by atoms with van der Waals surface area (Å²) in [6.45, 7) is 1.91. The zero-order valence-electron chi connectivity index (χ0n) is 13.1. The standard InChI is InChI=1S/C14H21N3O.C2H4O2/c18-14-12(7-3-4-8-16-14)17-10-9-15-13(17)11-5-1-2-6-11;1-2(3)4/h9-12H,1-8H2,(H,16,18);1H3,(H,3,4). The number of rotatable bonds is 2. The molecule has 0 spiro atoms. The number of imidazole rings is 1. The highest BCUT2D eigenvalue weighted by molar-refractivity contribution is 5.80. The number of carbonyl (C=O) groups is 2. The molecule has 0 bridgehead atoms. The third kappa shape index (κ3) is 4.32. The summed E-state index contributed by atoms with van der Waals surface area (Å²) in [5.41, 5.74) is 0. The summed E-state index contributed by atoms with van der Waals surface area (Å²) in [6.07, 6.45) is 12.1. The molecular formula is C16H25N3O3. The number of nitrogens with one attached hydrogen (secondary N) is 1. The molecule has 1 aromatic rings. The van der Waals surface area contributed by atoms with Gasteiger partial charge in [-0.3, -0.25) is 9.59 Å². The highest BCUT2D eigenvalue weighted by Crippen LogP contribution is 2.35. The number of carboxylic acid groups (broad SMARTS) is 1. The van der Waals surface area contributed by atoms with Crippen molar-refractivity contribution in [1.29, 1.82) is 0 Å². The lowest BCUT2D eigenvalue weighted by molar-refractivity contribution is -0.134. The minimum absolute atomic E-state index is 0.0365. The Balaban J connectivity index is 0.000000396. The summed E-state index contributed by atoms with van der Waals surface area (Å²) < 4.78 is 2.14. The smallest absolute Gasteiger partial charge is 0.300 e. The van der Waals surface area contributed by atoms with E-state index in [4.69, 9.17) is 9.90 Å². The number of aliphatic carboxylic acids is 1. The van der Waals surface area contributed by atoms with E-state index in [2.05, 4.69) is 14.9 Å². The molecule has 1 saturated heterocycles. The molecule has 22 heavy (non-hydrogen) atoms. The Hall–Kier alpha value is -1.85. The summed E-state index contributed by atoms with van der Waals surface area (Å²) in [6, 6.07) is -0.0365. The normalized spacial score (nSPS) is 22.4. The van der Waals surface area contributed by atoms with Gasteiger partial charge in [0, 0.05) is 31.8 Å². The first-order valence-electron chi connectivity index (χ1n) is 8.09. The lowest BCUT2D eigenvalue weighted by atomic mass is 10.1. The number of nitrogens with zero attached hydrogens (tertiary/aromatic N) is 2. The van der Waals surface area contributed by atoms with E-state index >= 15 is 0 Å². The SMILES string of the molecule is CC(=O)O.O=C1NCCCCC1n1ccnc1C1CCCC1. The summed E-state index contributed by atoms with van der Waals surface area (Å²) in [5, 5.41) is 10.4. The van der Waals surface area contributed by atoms with Crippen molar-refractivity contribution in [3.8, 4) is 0 Å². The fourth-order valence-corrected chi connectivity index (χ4v) is 3.28. The van der Waals surface area contributed by atoms with Gasteiger partial charge in [0.25, 0.3) is 5.97 Å². The minimum Gasteiger partial charge on any atom is -0.481 e. The second-order valence-corrected chi connectivity index (χ2v) is 6.00. The molecule has 1 aliphatic carbocycles. The Morgan fingerprint density at radius 3 is 2.59 bits per heavy atom. The van der Waals surface area contributed by atoms with Crippen molar-refractivity contribution >= 4 is 11.9 Å². The average Bonchev–Trinajstić information content (AvgIpc) is 3.09. The molecule has 6 nitrogen and oxygen atoms in total. The molecule has 2 aliphatic rings. The number of amides is 1. The molecular weight excluding hydrogens is 282 g/mol. The highest BCUT2D eigenvalue weighted by Gasteiger charge is 2.28. The van der Waals surface area contributed by atoms with E-state index in [9.17, 15) is 4.79 Å². The van der Waals surface area contributed by atoms with Gasteiger partial charge in [-0.1, -0.05) is 12.8 Å². The molecule has 0 radical (unpaired) electrons. The summed E-state index contributed by atoms with van der Waals surface area (Å²) in [5.74, 6) is 1.04. The Kier molecular flexibility index (Phi) is 5.98. The van der Waals surface area contributed by atoms with Gasteiger partial charge in [0.05, 0.1) is 0 Å². The van der Waals surface area contributed by atoms with Gasteiger partial charge in [-0.05, 0) is 32.1 Å². The fraction of sp³-hybridized carbons (Fsp3) is 0.688. The second-order valence-electron chi connectivity index (χ2n) is 6.00. The Morgan fingerprint density at radius 2 is 1.91 bits per heavy atom. The van der Waals surface area contributed by atoms with E-state index in [-0.39, 0.29) is 11.9 Å². The van der Waals surface area contributed by atoms with Crippen molar-refractivity contribution < 1.29 is 14.7 Å². The number of hydrogen-bond donors (Lipinski definition) is 2. The lowest BCUT2D eigenvalue weighted by Gasteiger charge is -2.20. The predicted octanol–water partition coefficient (Wildman–Crippen LogP) is 2.47. The van der Waals surface area contributed by atoms with Gasteiger partial charge in [0.1, 0.15) is 11.9 Å². The lowest BCUT2D eigenvalue weighted by Crippen LogP contribution is -2.31. The molecule has 122 valence electrons. The van der Waals surface area contributed by atoms with Crippen LogP contribution in [-0.4, -0.2) is 33.1 Å². The quantitative estimate of drug-likeness (QED) is 0.879. The van der Waals surface area contributed by atoms with Gasteiger partial charge in [-0.25, -0.2) is 4.98 Å². The van der Waals surface area contributed by atoms with Crippen LogP contribution < -0.4 is 5.32 Å². The second kappa shape index (κ2) is 7.96. The van der Waals surface area contributed by atoms with Gasteiger partial charge in [-0.15, -0.1) is 0 Å². The fourth-order valence-electron chi connectivity index (χ4n) is 3.28. The van der Waals surface area contributed by atoms with Crippen molar-refractivity contribution in [3.63, 3.8) is 0 Å². The van der Waals surface area contributed by atoms with E-state index < -0.39 is 5.97 Å². The average molecular weight is 307 g/mol. The maximum Gasteiger partial charge on any atom is 0.300 e. The van der Waals surface area contributed by atoms with Crippen molar-refractivity contribution in [2.45, 2.75) is 63.8 Å². The zero-order valence-corrected chi connectivity index (χ0v) is 13.1. The Bertz CT molecular complexity index is 502. The van der Waals surface area contributed by atoms with Crippen LogP contribution in [0.4, 0.5) is 0 Å². The molecule has 1 saturated carbocycles. The summed E-state index contributed by atoms with van der Waals surface area (Å²) in [4.78, 5) is 25.6. The molecule has 1 aromatic heterocycles. The molecule has 6 heteroatoms. The minimum atomic E-state index is -0.833. The van der Waals surface area contributed by atoms with E-state index in [1.807, 2.05) is 12.4 Å². The van der Waals surface area contributed by atoms with E-state index in [0.29, 0.717) is 5.92 Å². The summed E-state index contributed by atoms with van der Waals surface area (Å²) >= 11 is 0. The van der Waals surface area contributed by atoms with E-state index in [0.717, 1.165) is 38.6 Å². The molecule has 0 aromatic carbocycles. The first kappa shape index (κ1) is 16.5. The maximum atomic E-state index is 12.1. The van der Waals surface area contributed by atoms with Gasteiger partial charge in [0.15, 0.2) is 0 Å².